The normalized spacial score (nSPS) is 12.4. The van der Waals surface area contributed by atoms with Crippen LogP contribution in [0.1, 0.15) is 26.3 Å². The monoisotopic (exact) mass is 357 g/mol. The quantitative estimate of drug-likeness (QED) is 0.841. The van der Waals surface area contributed by atoms with E-state index in [0.717, 1.165) is 10.0 Å². The van der Waals surface area contributed by atoms with E-state index in [-0.39, 0.29) is 0 Å². The second-order valence-electron chi connectivity index (χ2n) is 5.55. The van der Waals surface area contributed by atoms with E-state index >= 15 is 0 Å². The van der Waals surface area contributed by atoms with E-state index in [4.69, 9.17) is 9.47 Å². The van der Waals surface area contributed by atoms with Crippen LogP contribution >= 0.6 is 15.9 Å². The second kappa shape index (κ2) is 7.45. The van der Waals surface area contributed by atoms with Crippen molar-refractivity contribution in [3.05, 3.63) is 34.3 Å². The molecule has 0 saturated carbocycles. The van der Waals surface area contributed by atoms with E-state index < -0.39 is 23.7 Å². The Kier molecular flexibility index (Phi) is 6.20. The number of alkyl carbamates (subject to hydrolysis) is 1. The van der Waals surface area contributed by atoms with Crippen molar-refractivity contribution in [3.8, 4) is 0 Å². The fraction of sp³-hybridized carbons (Fsp3) is 0.467. The van der Waals surface area contributed by atoms with Crippen LogP contribution in [0.25, 0.3) is 0 Å². The predicted molar refractivity (Wildman–Crippen MR) is 83.0 cm³/mol. The summed E-state index contributed by atoms with van der Waals surface area (Å²) in [5.41, 5.74) is 0.284. The van der Waals surface area contributed by atoms with Crippen LogP contribution in [0.3, 0.4) is 0 Å². The Labute approximate surface area is 133 Å². The van der Waals surface area contributed by atoms with Gasteiger partial charge in [0, 0.05) is 10.9 Å². The fourth-order valence-electron chi connectivity index (χ4n) is 1.64. The lowest BCUT2D eigenvalue weighted by molar-refractivity contribution is -0.143. The molecule has 0 bridgehead atoms. The Morgan fingerprint density at radius 3 is 2.29 bits per heavy atom. The Hall–Kier alpha value is -1.56. The van der Waals surface area contributed by atoms with Gasteiger partial charge in [-0.25, -0.2) is 9.59 Å². The van der Waals surface area contributed by atoms with Crippen molar-refractivity contribution in [1.29, 1.82) is 0 Å². The third kappa shape index (κ3) is 6.62. The van der Waals surface area contributed by atoms with Gasteiger partial charge in [-0.05, 0) is 38.5 Å². The first-order valence-corrected chi connectivity index (χ1v) is 7.32. The highest BCUT2D eigenvalue weighted by Crippen LogP contribution is 2.13. The van der Waals surface area contributed by atoms with Gasteiger partial charge in [-0.15, -0.1) is 0 Å². The highest BCUT2D eigenvalue weighted by atomic mass is 79.9. The van der Waals surface area contributed by atoms with Gasteiger partial charge < -0.3 is 14.8 Å². The van der Waals surface area contributed by atoms with E-state index in [1.807, 2.05) is 24.3 Å². The Morgan fingerprint density at radius 1 is 1.24 bits per heavy atom. The molecule has 0 saturated heterocycles. The van der Waals surface area contributed by atoms with Crippen LogP contribution < -0.4 is 5.32 Å². The lowest BCUT2D eigenvalue weighted by Crippen LogP contribution is -2.45. The molecule has 0 aromatic heterocycles. The molecular formula is C15H20BrNO4. The zero-order valence-electron chi connectivity index (χ0n) is 12.6. The fourth-order valence-corrected chi connectivity index (χ4v) is 1.91. The summed E-state index contributed by atoms with van der Waals surface area (Å²) in [6, 6.07) is 6.70. The van der Waals surface area contributed by atoms with E-state index in [1.165, 1.54) is 7.11 Å². The molecule has 6 heteroatoms. The maximum atomic E-state index is 11.8. The number of hydrogen-bond acceptors (Lipinski definition) is 4. The summed E-state index contributed by atoms with van der Waals surface area (Å²) in [5.74, 6) is -0.510. The zero-order valence-corrected chi connectivity index (χ0v) is 14.2. The number of nitrogens with one attached hydrogen (secondary N) is 1. The van der Waals surface area contributed by atoms with Gasteiger partial charge in [-0.3, -0.25) is 0 Å². The smallest absolute Gasteiger partial charge is 0.408 e. The van der Waals surface area contributed by atoms with Crippen molar-refractivity contribution in [2.24, 2.45) is 0 Å². The summed E-state index contributed by atoms with van der Waals surface area (Å²) in [4.78, 5) is 23.6. The molecule has 0 aliphatic heterocycles. The van der Waals surface area contributed by atoms with E-state index in [2.05, 4.69) is 21.2 Å². The van der Waals surface area contributed by atoms with Crippen molar-refractivity contribution < 1.29 is 19.1 Å². The van der Waals surface area contributed by atoms with Gasteiger partial charge in [0.1, 0.15) is 11.6 Å². The minimum absolute atomic E-state index is 0.333. The van der Waals surface area contributed by atoms with Gasteiger partial charge in [0.05, 0.1) is 7.11 Å². The number of amides is 1. The summed E-state index contributed by atoms with van der Waals surface area (Å²) in [6.07, 6.45) is -0.311. The van der Waals surface area contributed by atoms with Crippen LogP contribution in [-0.2, 0) is 20.7 Å². The van der Waals surface area contributed by atoms with Crippen LogP contribution in [0.15, 0.2) is 28.7 Å². The average Bonchev–Trinajstić information content (AvgIpc) is 2.37. The molecule has 1 rings (SSSR count). The number of hydrogen-bond donors (Lipinski definition) is 1. The molecule has 0 unspecified atom stereocenters. The van der Waals surface area contributed by atoms with Crippen molar-refractivity contribution in [2.45, 2.75) is 38.8 Å². The van der Waals surface area contributed by atoms with Gasteiger partial charge in [0.15, 0.2) is 0 Å². The number of rotatable bonds is 4. The van der Waals surface area contributed by atoms with Gasteiger partial charge in [0.25, 0.3) is 0 Å². The topological polar surface area (TPSA) is 64.6 Å². The van der Waals surface area contributed by atoms with Crippen molar-refractivity contribution >= 4 is 28.0 Å². The third-order valence-corrected chi connectivity index (χ3v) is 3.06. The minimum Gasteiger partial charge on any atom is -0.467 e. The van der Waals surface area contributed by atoms with Crippen LogP contribution in [0.2, 0.25) is 0 Å². The highest BCUT2D eigenvalue weighted by molar-refractivity contribution is 9.10. The lowest BCUT2D eigenvalue weighted by atomic mass is 10.1. The second-order valence-corrected chi connectivity index (χ2v) is 6.47. The number of esters is 1. The van der Waals surface area contributed by atoms with Crippen molar-refractivity contribution in [3.63, 3.8) is 0 Å². The molecule has 0 radical (unpaired) electrons. The molecule has 1 N–H and O–H groups in total. The molecule has 0 aliphatic carbocycles. The molecule has 5 nitrogen and oxygen atoms in total. The van der Waals surface area contributed by atoms with Crippen LogP contribution in [-0.4, -0.2) is 30.8 Å². The molecule has 116 valence electrons. The number of halogens is 1. The lowest BCUT2D eigenvalue weighted by Gasteiger charge is -2.22. The third-order valence-electron chi connectivity index (χ3n) is 2.53. The summed E-state index contributed by atoms with van der Waals surface area (Å²) < 4.78 is 10.8. The van der Waals surface area contributed by atoms with Gasteiger partial charge in [-0.1, -0.05) is 28.1 Å². The number of carbonyl (C=O) groups excluding carboxylic acids is 2. The Bertz CT molecular complexity index is 493. The van der Waals surface area contributed by atoms with Crippen LogP contribution in [0, 0.1) is 0 Å². The average molecular weight is 358 g/mol. The van der Waals surface area contributed by atoms with Crippen LogP contribution in [0.5, 0.6) is 0 Å². The molecule has 21 heavy (non-hydrogen) atoms. The molecule has 0 fully saturated rings. The van der Waals surface area contributed by atoms with Gasteiger partial charge in [0.2, 0.25) is 0 Å². The molecule has 1 atom stereocenters. The minimum atomic E-state index is -0.786. The standard InChI is InChI=1S/C15H20BrNO4/c1-15(2,3)21-14(19)17-12(13(18)20-4)9-10-5-7-11(16)8-6-10/h5-8,12H,9H2,1-4H3,(H,17,19)/t12-/m1/s1. The van der Waals surface area contributed by atoms with Gasteiger partial charge in [-0.2, -0.15) is 0 Å². The molecule has 0 aliphatic rings. The first kappa shape index (κ1) is 17.5. The summed E-state index contributed by atoms with van der Waals surface area (Å²) in [6.45, 7) is 5.28. The SMILES string of the molecule is COC(=O)[C@@H](Cc1ccc(Br)cc1)NC(=O)OC(C)(C)C. The molecule has 1 amide bonds. The maximum absolute atomic E-state index is 11.8. The Morgan fingerprint density at radius 2 is 1.81 bits per heavy atom. The van der Waals surface area contributed by atoms with E-state index in [9.17, 15) is 9.59 Å². The van der Waals surface area contributed by atoms with Crippen molar-refractivity contribution in [1.82, 2.24) is 5.32 Å². The summed E-state index contributed by atoms with van der Waals surface area (Å²) in [7, 11) is 1.29. The first-order chi connectivity index (χ1) is 9.71. The molecular weight excluding hydrogens is 338 g/mol. The summed E-state index contributed by atoms with van der Waals surface area (Å²) in [5, 5.41) is 2.54. The largest absolute Gasteiger partial charge is 0.467 e. The number of ether oxygens (including phenoxy) is 2. The number of carbonyl (C=O) groups is 2. The maximum Gasteiger partial charge on any atom is 0.408 e. The van der Waals surface area contributed by atoms with Crippen molar-refractivity contribution in [2.75, 3.05) is 7.11 Å². The molecule has 1 aromatic rings. The highest BCUT2D eigenvalue weighted by Gasteiger charge is 2.25. The van der Waals surface area contributed by atoms with E-state index in [0.29, 0.717) is 6.42 Å². The Balaban J connectivity index is 2.74. The molecule has 1 aromatic carbocycles. The number of benzene rings is 1. The summed E-state index contributed by atoms with van der Waals surface area (Å²) >= 11 is 3.35. The van der Waals surface area contributed by atoms with Crippen LogP contribution in [0.4, 0.5) is 4.79 Å². The molecule has 0 heterocycles. The first-order valence-electron chi connectivity index (χ1n) is 6.53. The van der Waals surface area contributed by atoms with E-state index in [1.54, 1.807) is 20.8 Å². The number of methoxy groups -OCH3 is 1. The molecule has 0 spiro atoms. The van der Waals surface area contributed by atoms with Gasteiger partial charge >= 0.3 is 12.1 Å². The predicted octanol–water partition coefficient (Wildman–Crippen LogP) is 3.06. The zero-order chi connectivity index (χ0) is 16.0.